The molecule has 8 heteroatoms. The Bertz CT molecular complexity index is 733. The molecule has 1 saturated carbocycles. The summed E-state index contributed by atoms with van der Waals surface area (Å²) >= 11 is 0. The van der Waals surface area contributed by atoms with E-state index >= 15 is 0 Å². The average Bonchev–Trinajstić information content (AvgIpc) is 3.38. The summed E-state index contributed by atoms with van der Waals surface area (Å²) in [5.41, 5.74) is 5.73. The van der Waals surface area contributed by atoms with Crippen LogP contribution in [0, 0.1) is 11.2 Å². The molecule has 2 aliphatic rings. The van der Waals surface area contributed by atoms with Crippen LogP contribution in [-0.4, -0.2) is 50.1 Å². The molecule has 3 rings (SSSR count). The van der Waals surface area contributed by atoms with Gasteiger partial charge in [0.2, 0.25) is 0 Å². The number of methoxy groups -OCH3 is 1. The van der Waals surface area contributed by atoms with Crippen LogP contribution in [0.15, 0.2) is 23.2 Å². The maximum absolute atomic E-state index is 14.4. The Morgan fingerprint density at radius 2 is 2.15 bits per heavy atom. The minimum Gasteiger partial charge on any atom is -0.483 e. The van der Waals surface area contributed by atoms with Gasteiger partial charge in [0.15, 0.2) is 0 Å². The number of amidine groups is 1. The Labute approximate surface area is 157 Å². The number of halogens is 1. The highest BCUT2D eigenvalue weighted by Gasteiger charge is 2.49. The van der Waals surface area contributed by atoms with Gasteiger partial charge in [-0.3, -0.25) is 14.6 Å². The fourth-order valence-corrected chi connectivity index (χ4v) is 3.27. The van der Waals surface area contributed by atoms with Crippen molar-refractivity contribution in [3.63, 3.8) is 0 Å². The molecule has 0 saturated heterocycles. The zero-order chi connectivity index (χ0) is 20.1. The van der Waals surface area contributed by atoms with Gasteiger partial charge < -0.3 is 20.3 Å². The van der Waals surface area contributed by atoms with E-state index in [4.69, 9.17) is 25.1 Å². The lowest BCUT2D eigenvalue weighted by molar-refractivity contribution is -0.125. The molecule has 1 aliphatic heterocycles. The van der Waals surface area contributed by atoms with Crippen LogP contribution in [0.5, 0.6) is 0 Å². The molecule has 1 atom stereocenters. The number of ether oxygens (including phenoxy) is 2. The highest BCUT2D eigenvalue weighted by Crippen LogP contribution is 2.47. The molecule has 1 aliphatic carbocycles. The van der Waals surface area contributed by atoms with Crippen molar-refractivity contribution in [1.82, 2.24) is 0 Å². The van der Waals surface area contributed by atoms with Crippen molar-refractivity contribution < 1.29 is 28.6 Å². The number of hydrogen-bond acceptors (Lipinski definition) is 6. The summed E-state index contributed by atoms with van der Waals surface area (Å²) in [5.74, 6) is 0.130. The molecule has 0 amide bonds. The van der Waals surface area contributed by atoms with Crippen molar-refractivity contribution in [1.29, 1.82) is 0 Å². The number of carboxylic acid groups (broad SMARTS) is 1. The zero-order valence-electron chi connectivity index (χ0n) is 15.5. The normalized spacial score (nSPS) is 22.9. The van der Waals surface area contributed by atoms with Crippen LogP contribution < -0.4 is 5.73 Å². The van der Waals surface area contributed by atoms with Crippen molar-refractivity contribution in [3.8, 4) is 0 Å². The molecule has 1 heterocycles. The van der Waals surface area contributed by atoms with Gasteiger partial charge >= 0.3 is 0 Å². The number of hydrogen-bond donors (Lipinski definition) is 2. The summed E-state index contributed by atoms with van der Waals surface area (Å²) in [4.78, 5) is 25.3. The van der Waals surface area contributed by atoms with Crippen molar-refractivity contribution in [2.24, 2.45) is 16.1 Å². The second-order valence-corrected chi connectivity index (χ2v) is 7.10. The van der Waals surface area contributed by atoms with Gasteiger partial charge in [0, 0.05) is 19.1 Å². The number of carbonyl (C=O) groups excluding carboxylic acids is 1. The number of benzene rings is 1. The first-order valence-electron chi connectivity index (χ1n) is 8.61. The highest BCUT2D eigenvalue weighted by molar-refractivity contribution is 5.89. The van der Waals surface area contributed by atoms with Gasteiger partial charge in [0.1, 0.15) is 29.6 Å². The van der Waals surface area contributed by atoms with E-state index in [1.54, 1.807) is 26.2 Å². The maximum atomic E-state index is 14.4. The van der Waals surface area contributed by atoms with E-state index in [0.717, 1.165) is 18.4 Å². The quantitative estimate of drug-likeness (QED) is 0.726. The van der Waals surface area contributed by atoms with E-state index < -0.39 is 5.54 Å². The average molecular weight is 380 g/mol. The smallest absolute Gasteiger partial charge is 0.290 e. The molecule has 27 heavy (non-hydrogen) atoms. The minimum atomic E-state index is -0.866. The standard InChI is InChI=1S/C18H23FN2O3.CH2O2/c1-17(10-24-9-16(20)21-17)13-7-12(3-4-14(13)19)8-15(22)18(5-6-18)11-23-2;2-1-3/h3-4,7H,5-6,8-11H2,1-2H3,(H2,20,21);1H,(H,2,3)/t17-;/m0./s1. The lowest BCUT2D eigenvalue weighted by atomic mass is 9.88. The number of nitrogens with zero attached hydrogens (tertiary/aromatic N) is 1. The first-order chi connectivity index (χ1) is 12.8. The second-order valence-electron chi connectivity index (χ2n) is 7.10. The van der Waals surface area contributed by atoms with Gasteiger partial charge in [-0.2, -0.15) is 0 Å². The highest BCUT2D eigenvalue weighted by atomic mass is 19.1. The van der Waals surface area contributed by atoms with E-state index in [1.807, 2.05) is 0 Å². The first-order valence-corrected chi connectivity index (χ1v) is 8.61. The molecular formula is C19H25FN2O5. The zero-order valence-corrected chi connectivity index (χ0v) is 15.5. The molecule has 7 nitrogen and oxygen atoms in total. The van der Waals surface area contributed by atoms with E-state index in [1.165, 1.54) is 6.07 Å². The Morgan fingerprint density at radius 3 is 2.70 bits per heavy atom. The fourth-order valence-electron chi connectivity index (χ4n) is 3.27. The minimum absolute atomic E-state index is 0.148. The first kappa shape index (κ1) is 21.0. The fraction of sp³-hybridized carbons (Fsp3) is 0.526. The van der Waals surface area contributed by atoms with Crippen LogP contribution in [0.1, 0.15) is 30.9 Å². The van der Waals surface area contributed by atoms with Gasteiger partial charge in [0.25, 0.3) is 6.47 Å². The Morgan fingerprint density at radius 1 is 1.48 bits per heavy atom. The monoisotopic (exact) mass is 380 g/mol. The van der Waals surface area contributed by atoms with Crippen LogP contribution in [0.25, 0.3) is 0 Å². The summed E-state index contributed by atoms with van der Waals surface area (Å²) in [6.45, 7) is 2.51. The molecule has 0 bridgehead atoms. The van der Waals surface area contributed by atoms with Crippen LogP contribution in [-0.2, 0) is 31.0 Å². The van der Waals surface area contributed by atoms with Crippen molar-refractivity contribution in [2.45, 2.75) is 31.7 Å². The number of carbonyl (C=O) groups is 2. The van der Waals surface area contributed by atoms with Crippen LogP contribution in [0.3, 0.4) is 0 Å². The maximum Gasteiger partial charge on any atom is 0.290 e. The molecule has 0 aromatic heterocycles. The van der Waals surface area contributed by atoms with E-state index in [9.17, 15) is 9.18 Å². The molecule has 1 aromatic rings. The van der Waals surface area contributed by atoms with E-state index in [0.29, 0.717) is 18.0 Å². The molecule has 0 spiro atoms. The number of ketones is 1. The Hall–Kier alpha value is -2.32. The molecule has 1 fully saturated rings. The lowest BCUT2D eigenvalue weighted by Crippen LogP contribution is -2.38. The number of Topliss-reactive ketones (excluding diaryl/α,β-unsaturated/α-hetero) is 1. The molecule has 0 unspecified atom stereocenters. The van der Waals surface area contributed by atoms with E-state index in [2.05, 4.69) is 4.99 Å². The third kappa shape index (κ3) is 4.90. The van der Waals surface area contributed by atoms with Crippen LogP contribution in [0.2, 0.25) is 0 Å². The summed E-state index contributed by atoms with van der Waals surface area (Å²) < 4.78 is 24.9. The van der Waals surface area contributed by atoms with Gasteiger partial charge in [-0.1, -0.05) is 6.07 Å². The Kier molecular flexibility index (Phi) is 6.67. The number of aliphatic imine (C=N–C) groups is 1. The number of nitrogens with two attached hydrogens (primary N) is 1. The second kappa shape index (κ2) is 8.58. The molecular weight excluding hydrogens is 355 g/mol. The summed E-state index contributed by atoms with van der Waals surface area (Å²) in [5, 5.41) is 6.89. The third-order valence-electron chi connectivity index (χ3n) is 4.86. The summed E-state index contributed by atoms with van der Waals surface area (Å²) in [7, 11) is 1.61. The van der Waals surface area contributed by atoms with Crippen molar-refractivity contribution >= 4 is 18.1 Å². The largest absolute Gasteiger partial charge is 0.483 e. The molecule has 0 radical (unpaired) electrons. The van der Waals surface area contributed by atoms with Gasteiger partial charge in [0.05, 0.1) is 18.6 Å². The summed E-state index contributed by atoms with van der Waals surface area (Å²) in [6.07, 6.45) is 1.99. The molecule has 3 N–H and O–H groups in total. The lowest BCUT2D eigenvalue weighted by Gasteiger charge is -2.30. The van der Waals surface area contributed by atoms with Gasteiger partial charge in [-0.25, -0.2) is 4.39 Å². The van der Waals surface area contributed by atoms with Crippen LogP contribution in [0.4, 0.5) is 4.39 Å². The van der Waals surface area contributed by atoms with Gasteiger partial charge in [-0.15, -0.1) is 0 Å². The van der Waals surface area contributed by atoms with E-state index in [-0.39, 0.29) is 43.1 Å². The predicted molar refractivity (Wildman–Crippen MR) is 97.1 cm³/mol. The molecule has 148 valence electrons. The summed E-state index contributed by atoms with van der Waals surface area (Å²) in [6, 6.07) is 4.75. The SMILES string of the molecule is COCC1(C(=O)Cc2ccc(F)c([C@]3(C)COCC(N)=N3)c2)CC1.O=CO. The van der Waals surface area contributed by atoms with Crippen molar-refractivity contribution in [3.05, 3.63) is 35.1 Å². The third-order valence-corrected chi connectivity index (χ3v) is 4.86. The topological polar surface area (TPSA) is 111 Å². The number of rotatable bonds is 6. The van der Waals surface area contributed by atoms with Crippen molar-refractivity contribution in [2.75, 3.05) is 26.9 Å². The predicted octanol–water partition coefficient (Wildman–Crippen LogP) is 1.67. The Balaban J connectivity index is 0.000000817. The van der Waals surface area contributed by atoms with Gasteiger partial charge in [-0.05, 0) is 37.5 Å². The van der Waals surface area contributed by atoms with Crippen LogP contribution >= 0.6 is 0 Å². The molecule has 1 aromatic carbocycles.